The second kappa shape index (κ2) is 5.00. The molecule has 5 nitrogen and oxygen atoms in total. The number of hydrogen-bond donors (Lipinski definition) is 2. The molecule has 0 fully saturated rings. The second-order valence-electron chi connectivity index (χ2n) is 3.11. The van der Waals surface area contributed by atoms with Gasteiger partial charge in [-0.2, -0.15) is 0 Å². The van der Waals surface area contributed by atoms with Crippen LogP contribution >= 0.6 is 11.5 Å². The van der Waals surface area contributed by atoms with Gasteiger partial charge >= 0.3 is 6.03 Å². The predicted molar refractivity (Wildman–Crippen MR) is 58.9 cm³/mol. The minimum absolute atomic E-state index is 0.301. The van der Waals surface area contributed by atoms with Gasteiger partial charge in [0.25, 0.3) is 0 Å². The van der Waals surface area contributed by atoms with Crippen LogP contribution in [-0.2, 0) is 0 Å². The van der Waals surface area contributed by atoms with Gasteiger partial charge < -0.3 is 5.32 Å². The molecule has 0 saturated carbocycles. The van der Waals surface area contributed by atoms with E-state index in [1.165, 1.54) is 6.20 Å². The Labute approximate surface area is 103 Å². The van der Waals surface area contributed by atoms with Crippen molar-refractivity contribution in [1.29, 1.82) is 0 Å². The maximum absolute atomic E-state index is 13.2. The Bertz CT molecular complexity index is 552. The molecule has 1 heterocycles. The van der Waals surface area contributed by atoms with Crippen molar-refractivity contribution in [2.75, 3.05) is 10.6 Å². The van der Waals surface area contributed by atoms with E-state index in [0.29, 0.717) is 17.1 Å². The summed E-state index contributed by atoms with van der Waals surface area (Å²) in [5.74, 6) is -3.47. The van der Waals surface area contributed by atoms with Crippen LogP contribution in [-0.4, -0.2) is 15.6 Å². The lowest BCUT2D eigenvalue weighted by atomic mass is 10.3. The molecule has 0 unspecified atom stereocenters. The smallest absolute Gasteiger partial charge is 0.303 e. The number of amides is 2. The van der Waals surface area contributed by atoms with Crippen LogP contribution in [0.5, 0.6) is 0 Å². The van der Waals surface area contributed by atoms with E-state index in [1.54, 1.807) is 0 Å². The number of carbonyl (C=O) groups excluding carboxylic acids is 1. The topological polar surface area (TPSA) is 66.9 Å². The first kappa shape index (κ1) is 12.3. The van der Waals surface area contributed by atoms with Crippen LogP contribution in [0.25, 0.3) is 0 Å². The van der Waals surface area contributed by atoms with E-state index < -0.39 is 29.2 Å². The second-order valence-corrected chi connectivity index (χ2v) is 3.89. The van der Waals surface area contributed by atoms with Gasteiger partial charge in [0.15, 0.2) is 11.6 Å². The molecule has 0 aliphatic rings. The molecule has 2 amide bonds. The number of nitrogens with zero attached hydrogens (tertiary/aromatic N) is 2. The highest BCUT2D eigenvalue weighted by molar-refractivity contribution is 7.10. The summed E-state index contributed by atoms with van der Waals surface area (Å²) < 4.78 is 42.5. The number of benzene rings is 1. The van der Waals surface area contributed by atoms with Crippen molar-refractivity contribution in [3.8, 4) is 0 Å². The molecule has 0 saturated heterocycles. The Morgan fingerprint density at radius 1 is 1.17 bits per heavy atom. The van der Waals surface area contributed by atoms with E-state index in [0.717, 1.165) is 11.5 Å². The normalized spacial score (nSPS) is 10.2. The molecule has 18 heavy (non-hydrogen) atoms. The molecular weight excluding hydrogens is 269 g/mol. The Kier molecular flexibility index (Phi) is 3.42. The van der Waals surface area contributed by atoms with E-state index in [-0.39, 0.29) is 0 Å². The fourth-order valence-electron chi connectivity index (χ4n) is 1.14. The largest absolute Gasteiger partial charge is 0.324 e. The maximum Gasteiger partial charge on any atom is 0.324 e. The number of halogens is 3. The summed E-state index contributed by atoms with van der Waals surface area (Å²) >= 11 is 0.892. The maximum atomic E-state index is 13.2. The number of carbonyl (C=O) groups is 1. The first-order valence-corrected chi connectivity index (χ1v) is 5.33. The van der Waals surface area contributed by atoms with Crippen molar-refractivity contribution in [3.05, 3.63) is 35.8 Å². The number of nitrogens with one attached hydrogen (secondary N) is 2. The summed E-state index contributed by atoms with van der Waals surface area (Å²) in [4.78, 5) is 11.4. The summed E-state index contributed by atoms with van der Waals surface area (Å²) in [5, 5.41) is 7.94. The van der Waals surface area contributed by atoms with E-state index in [9.17, 15) is 18.0 Å². The quantitative estimate of drug-likeness (QED) is 0.884. The number of anilines is 2. The van der Waals surface area contributed by atoms with Crippen molar-refractivity contribution in [2.24, 2.45) is 0 Å². The highest BCUT2D eigenvalue weighted by Gasteiger charge is 2.14. The Morgan fingerprint density at radius 3 is 2.39 bits per heavy atom. The molecule has 0 aliphatic carbocycles. The molecule has 0 spiro atoms. The third-order valence-corrected chi connectivity index (χ3v) is 2.42. The highest BCUT2D eigenvalue weighted by Crippen LogP contribution is 2.20. The Balaban J connectivity index is 2.12. The summed E-state index contributed by atoms with van der Waals surface area (Å²) in [7, 11) is 0. The number of urea groups is 1. The minimum atomic E-state index is -1.20. The molecule has 0 bridgehead atoms. The standard InChI is InChI=1S/C9H5F3N4OS/c10-4-1-5(11)8(6(12)2-4)15-9(17)14-7-3-13-16-18-7/h1-3H,(H2,14,15,17). The molecule has 1 aromatic heterocycles. The van der Waals surface area contributed by atoms with Crippen molar-refractivity contribution < 1.29 is 18.0 Å². The van der Waals surface area contributed by atoms with Crippen LogP contribution in [0.1, 0.15) is 0 Å². The van der Waals surface area contributed by atoms with E-state index >= 15 is 0 Å². The fraction of sp³-hybridized carbons (Fsp3) is 0. The zero-order valence-corrected chi connectivity index (χ0v) is 9.39. The Morgan fingerprint density at radius 2 is 1.83 bits per heavy atom. The Hall–Kier alpha value is -2.16. The number of hydrogen-bond acceptors (Lipinski definition) is 4. The minimum Gasteiger partial charge on any atom is -0.303 e. The predicted octanol–water partition coefficient (Wildman–Crippen LogP) is 2.60. The molecule has 2 aromatic rings. The molecule has 0 radical (unpaired) electrons. The van der Waals surface area contributed by atoms with Crippen molar-refractivity contribution in [2.45, 2.75) is 0 Å². The zero-order chi connectivity index (χ0) is 13.1. The summed E-state index contributed by atoms with van der Waals surface area (Å²) in [6, 6.07) is 0.0466. The third kappa shape index (κ3) is 2.74. The van der Waals surface area contributed by atoms with Crippen LogP contribution in [0.3, 0.4) is 0 Å². The van der Waals surface area contributed by atoms with Crippen LogP contribution in [0.4, 0.5) is 28.7 Å². The SMILES string of the molecule is O=C(Nc1cnns1)Nc1c(F)cc(F)cc1F. The van der Waals surface area contributed by atoms with Crippen LogP contribution in [0.2, 0.25) is 0 Å². The van der Waals surface area contributed by atoms with Gasteiger partial charge in [0.05, 0.1) is 6.20 Å². The zero-order valence-electron chi connectivity index (χ0n) is 8.58. The lowest BCUT2D eigenvalue weighted by Crippen LogP contribution is -2.20. The van der Waals surface area contributed by atoms with E-state index in [4.69, 9.17) is 0 Å². The van der Waals surface area contributed by atoms with Gasteiger partial charge in [0.2, 0.25) is 0 Å². The molecule has 1 aromatic carbocycles. The van der Waals surface area contributed by atoms with Crippen molar-refractivity contribution >= 4 is 28.3 Å². The van der Waals surface area contributed by atoms with Gasteiger partial charge in [-0.25, -0.2) is 18.0 Å². The van der Waals surface area contributed by atoms with E-state index in [2.05, 4.69) is 14.9 Å². The lowest BCUT2D eigenvalue weighted by Gasteiger charge is -2.07. The average Bonchev–Trinajstić information content (AvgIpc) is 2.76. The molecule has 0 atom stereocenters. The summed E-state index contributed by atoms with van der Waals surface area (Å²) in [6.45, 7) is 0. The third-order valence-electron chi connectivity index (χ3n) is 1.84. The molecule has 9 heteroatoms. The molecule has 2 N–H and O–H groups in total. The fourth-order valence-corrected chi connectivity index (χ4v) is 1.56. The van der Waals surface area contributed by atoms with E-state index in [1.807, 2.05) is 5.32 Å². The highest BCUT2D eigenvalue weighted by atomic mass is 32.1. The molecular formula is C9H5F3N4OS. The molecule has 94 valence electrons. The van der Waals surface area contributed by atoms with Gasteiger partial charge in [0.1, 0.15) is 16.5 Å². The summed E-state index contributed by atoms with van der Waals surface area (Å²) in [6.07, 6.45) is 1.27. The van der Waals surface area contributed by atoms with Gasteiger partial charge in [-0.1, -0.05) is 4.49 Å². The lowest BCUT2D eigenvalue weighted by molar-refractivity contribution is 0.262. The van der Waals surface area contributed by atoms with Crippen molar-refractivity contribution in [1.82, 2.24) is 9.59 Å². The van der Waals surface area contributed by atoms with Crippen molar-refractivity contribution in [3.63, 3.8) is 0 Å². The summed E-state index contributed by atoms with van der Waals surface area (Å²) in [5.41, 5.74) is -0.730. The number of rotatable bonds is 2. The van der Waals surface area contributed by atoms with Gasteiger partial charge in [-0.3, -0.25) is 5.32 Å². The first-order chi connectivity index (χ1) is 8.56. The van der Waals surface area contributed by atoms with Crippen LogP contribution in [0, 0.1) is 17.5 Å². The molecule has 0 aliphatic heterocycles. The van der Waals surface area contributed by atoms with Gasteiger partial charge in [-0.15, -0.1) is 5.10 Å². The van der Waals surface area contributed by atoms with Gasteiger partial charge in [0, 0.05) is 23.7 Å². The average molecular weight is 274 g/mol. The van der Waals surface area contributed by atoms with Gasteiger partial charge in [-0.05, 0) is 0 Å². The molecule has 2 rings (SSSR count). The van der Waals surface area contributed by atoms with Crippen LogP contribution < -0.4 is 10.6 Å². The monoisotopic (exact) mass is 274 g/mol. The first-order valence-electron chi connectivity index (χ1n) is 4.56. The van der Waals surface area contributed by atoms with Crippen LogP contribution in [0.15, 0.2) is 18.3 Å². The number of aromatic nitrogens is 2.